The molecule has 0 N–H and O–H groups in total. The molecule has 0 aliphatic carbocycles. The normalized spacial score (nSPS) is 20.9. The molecule has 78 valence electrons. The van der Waals surface area contributed by atoms with Gasteiger partial charge in [-0.25, -0.2) is 0 Å². The number of likely N-dealkylation sites (tertiary alicyclic amines) is 1. The van der Waals surface area contributed by atoms with Gasteiger partial charge in [-0.2, -0.15) is 5.26 Å². The number of hydrogen-bond acceptors (Lipinski definition) is 3. The number of nitrogens with zero attached hydrogens (tertiary/aromatic N) is 2. The Balaban J connectivity index is 2.42. The Kier molecular flexibility index (Phi) is 4.41. The molecule has 1 saturated heterocycles. The Hall–Kier alpha value is -1.08. The van der Waals surface area contributed by atoms with E-state index < -0.39 is 0 Å². The predicted octanol–water partition coefficient (Wildman–Crippen LogP) is 0.928. The summed E-state index contributed by atoms with van der Waals surface area (Å²) >= 11 is 0. The second kappa shape index (κ2) is 5.61. The topological polar surface area (TPSA) is 53.3 Å². The van der Waals surface area contributed by atoms with Gasteiger partial charge in [0.1, 0.15) is 6.42 Å². The number of carbonyl (C=O) groups is 1. The molecular formula is C10H16N2O2. The van der Waals surface area contributed by atoms with Gasteiger partial charge in [-0.05, 0) is 19.8 Å². The highest BCUT2D eigenvalue weighted by Crippen LogP contribution is 2.18. The van der Waals surface area contributed by atoms with E-state index in [0.717, 1.165) is 19.4 Å². The van der Waals surface area contributed by atoms with Crippen LogP contribution in [-0.2, 0) is 9.53 Å². The van der Waals surface area contributed by atoms with Crippen LogP contribution in [0.4, 0.5) is 0 Å². The lowest BCUT2D eigenvalue weighted by atomic mass is 10.2. The maximum atomic E-state index is 11.5. The van der Waals surface area contributed by atoms with Gasteiger partial charge in [0.25, 0.3) is 0 Å². The number of rotatable bonds is 4. The molecule has 0 saturated carbocycles. The van der Waals surface area contributed by atoms with Crippen LogP contribution in [0.5, 0.6) is 0 Å². The minimum absolute atomic E-state index is 0.0113. The summed E-state index contributed by atoms with van der Waals surface area (Å²) in [6, 6.07) is 2.08. The van der Waals surface area contributed by atoms with Crippen LogP contribution in [0.1, 0.15) is 26.2 Å². The van der Waals surface area contributed by atoms with Crippen molar-refractivity contribution in [1.29, 1.82) is 5.26 Å². The molecule has 4 nitrogen and oxygen atoms in total. The van der Waals surface area contributed by atoms with Crippen molar-refractivity contribution in [2.24, 2.45) is 0 Å². The number of carbonyl (C=O) groups excluding carboxylic acids is 1. The summed E-state index contributed by atoms with van der Waals surface area (Å²) in [5, 5.41) is 8.43. The summed E-state index contributed by atoms with van der Waals surface area (Å²) in [5.74, 6) is -0.0605. The maximum absolute atomic E-state index is 11.5. The van der Waals surface area contributed by atoms with E-state index in [-0.39, 0.29) is 18.4 Å². The third-order valence-corrected chi connectivity index (χ3v) is 2.44. The molecule has 4 heteroatoms. The Morgan fingerprint density at radius 1 is 1.71 bits per heavy atom. The first-order chi connectivity index (χ1) is 6.79. The molecule has 1 aliphatic heterocycles. The molecule has 14 heavy (non-hydrogen) atoms. The molecule has 0 aromatic heterocycles. The Labute approximate surface area is 84.4 Å². The first-order valence-corrected chi connectivity index (χ1v) is 5.03. The van der Waals surface area contributed by atoms with Gasteiger partial charge >= 0.3 is 0 Å². The van der Waals surface area contributed by atoms with Crippen LogP contribution in [0.2, 0.25) is 0 Å². The summed E-state index contributed by atoms with van der Waals surface area (Å²) in [6.07, 6.45) is 2.01. The van der Waals surface area contributed by atoms with Gasteiger partial charge in [0.2, 0.25) is 5.91 Å². The van der Waals surface area contributed by atoms with Crippen LogP contribution in [0.3, 0.4) is 0 Å². The molecule has 0 spiro atoms. The molecule has 0 unspecified atom stereocenters. The standard InChI is InChI=1S/C10H16N2O2/c1-2-14-8-9-4-3-7-12(9)10(13)5-6-11/h9H,2-5,7-8H2,1H3/t9-/m1/s1. The molecule has 0 bridgehead atoms. The molecule has 1 fully saturated rings. The van der Waals surface area contributed by atoms with Crippen LogP contribution >= 0.6 is 0 Å². The number of nitriles is 1. The van der Waals surface area contributed by atoms with Crippen molar-refractivity contribution < 1.29 is 9.53 Å². The van der Waals surface area contributed by atoms with E-state index >= 15 is 0 Å². The van der Waals surface area contributed by atoms with Crippen molar-refractivity contribution in [3.8, 4) is 6.07 Å². The van der Waals surface area contributed by atoms with Crippen LogP contribution in [-0.4, -0.2) is 36.6 Å². The highest BCUT2D eigenvalue weighted by Gasteiger charge is 2.28. The molecule has 0 aromatic carbocycles. The van der Waals surface area contributed by atoms with Crippen molar-refractivity contribution >= 4 is 5.91 Å². The van der Waals surface area contributed by atoms with Gasteiger partial charge in [0, 0.05) is 13.2 Å². The molecule has 1 amide bonds. The predicted molar refractivity (Wildman–Crippen MR) is 51.5 cm³/mol. The first kappa shape index (κ1) is 11.0. The summed E-state index contributed by atoms with van der Waals surface area (Å²) in [7, 11) is 0. The van der Waals surface area contributed by atoms with Crippen molar-refractivity contribution in [2.45, 2.75) is 32.2 Å². The van der Waals surface area contributed by atoms with Crippen molar-refractivity contribution in [3.05, 3.63) is 0 Å². The van der Waals surface area contributed by atoms with Crippen molar-refractivity contribution in [2.75, 3.05) is 19.8 Å². The van der Waals surface area contributed by atoms with Gasteiger partial charge in [-0.1, -0.05) is 0 Å². The zero-order valence-electron chi connectivity index (χ0n) is 8.53. The zero-order valence-corrected chi connectivity index (χ0v) is 8.53. The zero-order chi connectivity index (χ0) is 10.4. The quantitative estimate of drug-likeness (QED) is 0.672. The monoisotopic (exact) mass is 196 g/mol. The molecule has 1 atom stereocenters. The average molecular weight is 196 g/mol. The largest absolute Gasteiger partial charge is 0.380 e. The fourth-order valence-electron chi connectivity index (χ4n) is 1.76. The molecular weight excluding hydrogens is 180 g/mol. The first-order valence-electron chi connectivity index (χ1n) is 5.03. The molecule has 0 aromatic rings. The van der Waals surface area contributed by atoms with Crippen LogP contribution in [0.25, 0.3) is 0 Å². The fourth-order valence-corrected chi connectivity index (χ4v) is 1.76. The molecule has 1 rings (SSSR count). The minimum atomic E-state index is -0.0605. The van der Waals surface area contributed by atoms with Gasteiger partial charge in [-0.3, -0.25) is 4.79 Å². The second-order valence-electron chi connectivity index (χ2n) is 3.38. The Morgan fingerprint density at radius 3 is 3.14 bits per heavy atom. The summed E-state index contributed by atoms with van der Waals surface area (Å²) < 4.78 is 5.30. The van der Waals surface area contributed by atoms with E-state index in [2.05, 4.69) is 0 Å². The third-order valence-electron chi connectivity index (χ3n) is 2.44. The third kappa shape index (κ3) is 2.71. The van der Waals surface area contributed by atoms with Gasteiger partial charge in [0.05, 0.1) is 18.7 Å². The Bertz CT molecular complexity index is 235. The lowest BCUT2D eigenvalue weighted by Crippen LogP contribution is -2.38. The van der Waals surface area contributed by atoms with E-state index in [1.807, 2.05) is 13.0 Å². The fraction of sp³-hybridized carbons (Fsp3) is 0.800. The van der Waals surface area contributed by atoms with Gasteiger partial charge in [0.15, 0.2) is 0 Å². The maximum Gasteiger partial charge on any atom is 0.237 e. The lowest BCUT2D eigenvalue weighted by molar-refractivity contribution is -0.132. The van der Waals surface area contributed by atoms with E-state index in [4.69, 9.17) is 10.00 Å². The number of ether oxygens (including phenoxy) is 1. The Morgan fingerprint density at radius 2 is 2.50 bits per heavy atom. The molecule has 1 aliphatic rings. The lowest BCUT2D eigenvalue weighted by Gasteiger charge is -2.23. The average Bonchev–Trinajstić information content (AvgIpc) is 2.63. The van der Waals surface area contributed by atoms with Crippen molar-refractivity contribution in [3.63, 3.8) is 0 Å². The van der Waals surface area contributed by atoms with E-state index in [1.165, 1.54) is 0 Å². The SMILES string of the molecule is CCOC[C@H]1CCCN1C(=O)CC#N. The van der Waals surface area contributed by atoms with E-state index in [0.29, 0.717) is 13.2 Å². The van der Waals surface area contributed by atoms with Crippen LogP contribution in [0, 0.1) is 11.3 Å². The van der Waals surface area contributed by atoms with Gasteiger partial charge in [-0.15, -0.1) is 0 Å². The van der Waals surface area contributed by atoms with Crippen molar-refractivity contribution in [1.82, 2.24) is 4.90 Å². The van der Waals surface area contributed by atoms with E-state index in [1.54, 1.807) is 4.90 Å². The smallest absolute Gasteiger partial charge is 0.237 e. The van der Waals surface area contributed by atoms with Crippen LogP contribution in [0.15, 0.2) is 0 Å². The summed E-state index contributed by atoms with van der Waals surface area (Å²) in [4.78, 5) is 13.2. The van der Waals surface area contributed by atoms with E-state index in [9.17, 15) is 4.79 Å². The second-order valence-corrected chi connectivity index (χ2v) is 3.38. The minimum Gasteiger partial charge on any atom is -0.380 e. The highest BCUT2D eigenvalue weighted by atomic mass is 16.5. The molecule has 0 radical (unpaired) electrons. The van der Waals surface area contributed by atoms with Gasteiger partial charge < -0.3 is 9.64 Å². The molecule has 1 heterocycles. The van der Waals surface area contributed by atoms with Crippen LogP contribution < -0.4 is 0 Å². The highest BCUT2D eigenvalue weighted by molar-refractivity contribution is 5.78. The summed E-state index contributed by atoms with van der Waals surface area (Å²) in [6.45, 7) is 4.00. The number of amides is 1. The number of hydrogen-bond donors (Lipinski definition) is 0. The summed E-state index contributed by atoms with van der Waals surface area (Å²) in [5.41, 5.74) is 0.